The van der Waals surface area contributed by atoms with Gasteiger partial charge in [0.1, 0.15) is 11.5 Å². The number of halogens is 3. The fourth-order valence-electron chi connectivity index (χ4n) is 3.32. The molecule has 0 radical (unpaired) electrons. The van der Waals surface area contributed by atoms with Crippen LogP contribution in [0.25, 0.3) is 0 Å². The molecule has 0 amide bonds. The molecule has 1 aromatic heterocycles. The van der Waals surface area contributed by atoms with Crippen LogP contribution in [-0.2, 0) is 11.0 Å². The van der Waals surface area contributed by atoms with E-state index in [1.165, 1.54) is 32.3 Å². The fourth-order valence-corrected chi connectivity index (χ4v) is 3.32. The Balaban J connectivity index is 0.000000284. The minimum atomic E-state index is -4.40. The number of carbonyl (C=O) groups is 1. The topological polar surface area (TPSA) is 62.5 Å². The highest BCUT2D eigenvalue weighted by Crippen LogP contribution is 2.35. The molecular weight excluding hydrogens is 417 g/mol. The first-order valence-corrected chi connectivity index (χ1v) is 11.7. The molecule has 32 heavy (non-hydrogen) atoms. The Hall–Kier alpha value is -1.76. The monoisotopic (exact) mass is 456 g/mol. The lowest BCUT2D eigenvalue weighted by Crippen LogP contribution is -2.38. The second-order valence-corrected chi connectivity index (χ2v) is 9.08. The van der Waals surface area contributed by atoms with E-state index in [9.17, 15) is 23.1 Å². The van der Waals surface area contributed by atoms with Crippen molar-refractivity contribution in [2.45, 2.75) is 111 Å². The number of rotatable bonds is 6. The Morgan fingerprint density at radius 1 is 1.22 bits per heavy atom. The van der Waals surface area contributed by atoms with Gasteiger partial charge in [0.25, 0.3) is 0 Å². The van der Waals surface area contributed by atoms with Gasteiger partial charge in [-0.3, -0.25) is 9.79 Å². The van der Waals surface area contributed by atoms with Crippen LogP contribution in [0, 0.1) is 12.8 Å². The zero-order chi connectivity index (χ0) is 24.4. The Bertz CT molecular complexity index is 752. The Kier molecular flexibility index (Phi) is 11.5. The molecule has 2 aliphatic carbocycles. The SMILES string of the molecule is CC1CCC1.CCC(=O)CC1(O)CCC1.CCCC(C)=Nc1ccc(C(F)(F)F)nc1C. The largest absolute Gasteiger partial charge is 0.433 e. The Labute approximate surface area is 190 Å². The highest BCUT2D eigenvalue weighted by molar-refractivity contribution is 5.84. The average Bonchev–Trinajstić information content (AvgIpc) is 2.67. The van der Waals surface area contributed by atoms with Crippen LogP contribution in [0.5, 0.6) is 0 Å². The summed E-state index contributed by atoms with van der Waals surface area (Å²) < 4.78 is 37.2. The van der Waals surface area contributed by atoms with E-state index in [0.29, 0.717) is 24.2 Å². The van der Waals surface area contributed by atoms with Gasteiger partial charge in [0.05, 0.1) is 17.0 Å². The van der Waals surface area contributed by atoms with Gasteiger partial charge in [-0.05, 0) is 57.6 Å². The fraction of sp³-hybridized carbons (Fsp3) is 0.720. The molecule has 1 N–H and O–H groups in total. The van der Waals surface area contributed by atoms with E-state index in [1.54, 1.807) is 0 Å². The van der Waals surface area contributed by atoms with Crippen molar-refractivity contribution >= 4 is 17.2 Å². The maximum atomic E-state index is 12.4. The third-order valence-corrected chi connectivity index (χ3v) is 5.87. The number of pyridine rings is 1. The molecule has 0 bridgehead atoms. The molecule has 0 unspecified atom stereocenters. The summed E-state index contributed by atoms with van der Waals surface area (Å²) in [4.78, 5) is 18.6. The van der Waals surface area contributed by atoms with Crippen LogP contribution >= 0.6 is 0 Å². The Morgan fingerprint density at radius 2 is 1.81 bits per heavy atom. The molecule has 0 saturated heterocycles. The number of nitrogens with zero attached hydrogens (tertiary/aromatic N) is 2. The van der Waals surface area contributed by atoms with Gasteiger partial charge in [0.15, 0.2) is 0 Å². The normalized spacial score (nSPS) is 17.7. The van der Waals surface area contributed by atoms with Crippen molar-refractivity contribution in [3.8, 4) is 0 Å². The lowest BCUT2D eigenvalue weighted by Gasteiger charge is -2.35. The molecule has 182 valence electrons. The van der Waals surface area contributed by atoms with Crippen molar-refractivity contribution in [2.75, 3.05) is 0 Å². The predicted molar refractivity (Wildman–Crippen MR) is 123 cm³/mol. The molecule has 4 nitrogen and oxygen atoms in total. The lowest BCUT2D eigenvalue weighted by atomic mass is 9.76. The number of aliphatic imine (C=N–C) groups is 1. The highest BCUT2D eigenvalue weighted by atomic mass is 19.4. The number of aromatic nitrogens is 1. The van der Waals surface area contributed by atoms with Gasteiger partial charge in [-0.15, -0.1) is 0 Å². The average molecular weight is 457 g/mol. The van der Waals surface area contributed by atoms with Crippen LogP contribution in [0.3, 0.4) is 0 Å². The standard InChI is InChI=1S/C12H15F3N2.C8H14O2.C5H10/c1-4-5-8(2)16-10-6-7-11(12(13,14)15)17-9(10)3;1-2-7(9)6-8(10)4-3-5-8;1-5-3-2-4-5/h6-7H,4-5H2,1-3H3;10H,2-6H2,1H3;5H,2-4H2,1H3. The smallest absolute Gasteiger partial charge is 0.389 e. The van der Waals surface area contributed by atoms with Gasteiger partial charge in [0.2, 0.25) is 0 Å². The zero-order valence-electron chi connectivity index (χ0n) is 20.2. The number of carbonyl (C=O) groups excluding carboxylic acids is 1. The quantitative estimate of drug-likeness (QED) is 0.454. The number of aryl methyl sites for hydroxylation is 1. The second-order valence-electron chi connectivity index (χ2n) is 9.08. The maximum Gasteiger partial charge on any atom is 0.433 e. The number of ketones is 1. The van der Waals surface area contributed by atoms with Crippen molar-refractivity contribution in [1.82, 2.24) is 4.98 Å². The molecule has 2 aliphatic rings. The summed E-state index contributed by atoms with van der Waals surface area (Å²) in [7, 11) is 0. The van der Waals surface area contributed by atoms with Crippen LogP contribution < -0.4 is 0 Å². The molecule has 7 heteroatoms. The molecule has 3 rings (SSSR count). The molecular formula is C25H39F3N2O2. The number of alkyl halides is 3. The number of Topliss-reactive ketones (excluding diaryl/α,β-unsaturated/α-hetero) is 1. The Morgan fingerprint density at radius 3 is 2.16 bits per heavy atom. The second kappa shape index (κ2) is 13.1. The van der Waals surface area contributed by atoms with E-state index in [0.717, 1.165) is 49.8 Å². The van der Waals surface area contributed by atoms with E-state index in [1.807, 2.05) is 20.8 Å². The summed E-state index contributed by atoms with van der Waals surface area (Å²) in [5.74, 6) is 1.25. The van der Waals surface area contributed by atoms with E-state index in [2.05, 4.69) is 16.9 Å². The molecule has 1 heterocycles. The summed E-state index contributed by atoms with van der Waals surface area (Å²) in [6.45, 7) is 9.57. The third kappa shape index (κ3) is 10.2. The number of aliphatic hydroxyl groups is 1. The van der Waals surface area contributed by atoms with Crippen molar-refractivity contribution in [2.24, 2.45) is 10.9 Å². The summed E-state index contributed by atoms with van der Waals surface area (Å²) in [6.07, 6.45) is 5.51. The number of hydrogen-bond donors (Lipinski definition) is 1. The van der Waals surface area contributed by atoms with E-state index >= 15 is 0 Å². The molecule has 0 aliphatic heterocycles. The van der Waals surface area contributed by atoms with Gasteiger partial charge in [-0.2, -0.15) is 13.2 Å². The van der Waals surface area contributed by atoms with Gasteiger partial charge < -0.3 is 5.11 Å². The lowest BCUT2D eigenvalue weighted by molar-refractivity contribution is -0.141. The van der Waals surface area contributed by atoms with Gasteiger partial charge >= 0.3 is 6.18 Å². The first-order valence-electron chi connectivity index (χ1n) is 11.7. The third-order valence-electron chi connectivity index (χ3n) is 5.87. The van der Waals surface area contributed by atoms with Crippen LogP contribution in [-0.4, -0.2) is 27.2 Å². The summed E-state index contributed by atoms with van der Waals surface area (Å²) >= 11 is 0. The van der Waals surface area contributed by atoms with Crippen molar-refractivity contribution in [3.05, 3.63) is 23.5 Å². The van der Waals surface area contributed by atoms with Crippen molar-refractivity contribution < 1.29 is 23.1 Å². The van der Waals surface area contributed by atoms with Crippen molar-refractivity contribution in [1.29, 1.82) is 0 Å². The molecule has 0 aromatic carbocycles. The van der Waals surface area contributed by atoms with Gasteiger partial charge in [-0.1, -0.05) is 46.5 Å². The molecule has 0 atom stereocenters. The zero-order valence-corrected chi connectivity index (χ0v) is 20.2. The summed E-state index contributed by atoms with van der Waals surface area (Å²) in [5.41, 5.74) is 0.228. The summed E-state index contributed by atoms with van der Waals surface area (Å²) in [6, 6.07) is 2.33. The first kappa shape index (κ1) is 28.3. The summed E-state index contributed by atoms with van der Waals surface area (Å²) in [5, 5.41) is 9.49. The first-order chi connectivity index (χ1) is 14.9. The molecule has 1 aromatic rings. The number of hydrogen-bond acceptors (Lipinski definition) is 4. The van der Waals surface area contributed by atoms with Crippen LogP contribution in [0.1, 0.15) is 103 Å². The van der Waals surface area contributed by atoms with Crippen molar-refractivity contribution in [3.63, 3.8) is 0 Å². The van der Waals surface area contributed by atoms with Crippen LogP contribution in [0.4, 0.5) is 18.9 Å². The van der Waals surface area contributed by atoms with E-state index in [-0.39, 0.29) is 5.78 Å². The molecule has 2 saturated carbocycles. The van der Waals surface area contributed by atoms with Crippen LogP contribution in [0.2, 0.25) is 0 Å². The maximum absolute atomic E-state index is 12.4. The highest BCUT2D eigenvalue weighted by Gasteiger charge is 2.35. The van der Waals surface area contributed by atoms with Crippen LogP contribution in [0.15, 0.2) is 17.1 Å². The van der Waals surface area contributed by atoms with Gasteiger partial charge in [0, 0.05) is 18.6 Å². The molecule has 2 fully saturated rings. The molecule has 0 spiro atoms. The van der Waals surface area contributed by atoms with Gasteiger partial charge in [-0.25, -0.2) is 4.98 Å². The minimum Gasteiger partial charge on any atom is -0.389 e. The van der Waals surface area contributed by atoms with E-state index < -0.39 is 17.5 Å². The minimum absolute atomic E-state index is 0.183. The predicted octanol–water partition coefficient (Wildman–Crippen LogP) is 7.38. The van der Waals surface area contributed by atoms with E-state index in [4.69, 9.17) is 0 Å².